The molecule has 0 spiro atoms. The summed E-state index contributed by atoms with van der Waals surface area (Å²) in [4.78, 5) is 10.6. The number of rotatable bonds is 3. The fourth-order valence-electron chi connectivity index (χ4n) is 0.723. The van der Waals surface area contributed by atoms with Crippen LogP contribution in [0.3, 0.4) is 0 Å². The standard InChI is InChI=1S/C6H8F6N2O2/c1-2(3(15)14-13)16-4(5(7,8)9)6(10,11)12/h2,4H,13H2,1H3,(H,14,15). The van der Waals surface area contributed by atoms with Gasteiger partial charge in [0.05, 0.1) is 0 Å². The van der Waals surface area contributed by atoms with Crippen LogP contribution < -0.4 is 11.3 Å². The first-order valence-corrected chi connectivity index (χ1v) is 3.79. The number of hydrogen-bond acceptors (Lipinski definition) is 3. The average molecular weight is 254 g/mol. The maximum Gasteiger partial charge on any atom is 0.423 e. The van der Waals surface area contributed by atoms with Crippen LogP contribution in [-0.4, -0.2) is 30.5 Å². The van der Waals surface area contributed by atoms with Gasteiger partial charge in [0.2, 0.25) is 6.10 Å². The minimum absolute atomic E-state index is 0.715. The zero-order valence-electron chi connectivity index (χ0n) is 7.82. The molecule has 0 saturated carbocycles. The van der Waals surface area contributed by atoms with Gasteiger partial charge in [-0.05, 0) is 6.92 Å². The molecule has 0 aromatic carbocycles. The number of halogens is 6. The van der Waals surface area contributed by atoms with E-state index in [1.54, 1.807) is 0 Å². The van der Waals surface area contributed by atoms with E-state index in [9.17, 15) is 31.1 Å². The number of alkyl halides is 6. The smallest absolute Gasteiger partial charge is 0.348 e. The number of amides is 1. The van der Waals surface area contributed by atoms with Crippen LogP contribution in [0.15, 0.2) is 0 Å². The monoisotopic (exact) mass is 254 g/mol. The van der Waals surface area contributed by atoms with Gasteiger partial charge in [-0.3, -0.25) is 10.2 Å². The minimum Gasteiger partial charge on any atom is -0.348 e. The Labute approximate surface area is 85.7 Å². The SMILES string of the molecule is CC(OC(C(F)(F)F)C(F)(F)F)C(=O)NN. The number of hydrogen-bond donors (Lipinski definition) is 2. The maximum atomic E-state index is 11.9. The molecule has 1 amide bonds. The van der Waals surface area contributed by atoms with Crippen molar-refractivity contribution in [3.8, 4) is 0 Å². The molecule has 4 nitrogen and oxygen atoms in total. The molecule has 0 rings (SSSR count). The van der Waals surface area contributed by atoms with Gasteiger partial charge in [0, 0.05) is 0 Å². The predicted molar refractivity (Wildman–Crippen MR) is 38.8 cm³/mol. The topological polar surface area (TPSA) is 64.3 Å². The van der Waals surface area contributed by atoms with Crippen molar-refractivity contribution in [2.24, 2.45) is 5.84 Å². The Hall–Kier alpha value is -1.03. The van der Waals surface area contributed by atoms with Crippen LogP contribution in [0.5, 0.6) is 0 Å². The Bertz CT molecular complexity index is 236. The van der Waals surface area contributed by atoms with Crippen molar-refractivity contribution in [2.75, 3.05) is 0 Å². The van der Waals surface area contributed by atoms with Crippen molar-refractivity contribution in [3.63, 3.8) is 0 Å². The second kappa shape index (κ2) is 4.87. The summed E-state index contributed by atoms with van der Waals surface area (Å²) in [7, 11) is 0. The molecule has 3 N–H and O–H groups in total. The van der Waals surface area contributed by atoms with Crippen LogP contribution in [-0.2, 0) is 9.53 Å². The first kappa shape index (κ1) is 15.0. The molecule has 16 heavy (non-hydrogen) atoms. The number of hydrazine groups is 1. The molecular weight excluding hydrogens is 246 g/mol. The first-order chi connectivity index (χ1) is 7.00. The van der Waals surface area contributed by atoms with Gasteiger partial charge in [-0.25, -0.2) is 5.84 Å². The van der Waals surface area contributed by atoms with Crippen molar-refractivity contribution in [1.82, 2.24) is 5.43 Å². The average Bonchev–Trinajstić information content (AvgIpc) is 2.08. The van der Waals surface area contributed by atoms with E-state index < -0.39 is 30.5 Å². The summed E-state index contributed by atoms with van der Waals surface area (Å²) in [5.74, 6) is 3.23. The fourth-order valence-corrected chi connectivity index (χ4v) is 0.723. The zero-order chi connectivity index (χ0) is 13.1. The summed E-state index contributed by atoms with van der Waals surface area (Å²) in [6.45, 7) is 0.715. The van der Waals surface area contributed by atoms with Gasteiger partial charge in [-0.15, -0.1) is 0 Å². The Morgan fingerprint density at radius 2 is 1.56 bits per heavy atom. The van der Waals surface area contributed by atoms with Crippen LogP contribution in [0.1, 0.15) is 6.92 Å². The lowest BCUT2D eigenvalue weighted by Crippen LogP contribution is -2.49. The van der Waals surface area contributed by atoms with Crippen molar-refractivity contribution in [3.05, 3.63) is 0 Å². The number of nitrogens with two attached hydrogens (primary N) is 1. The van der Waals surface area contributed by atoms with Crippen LogP contribution in [0.4, 0.5) is 26.3 Å². The highest BCUT2D eigenvalue weighted by Crippen LogP contribution is 2.36. The summed E-state index contributed by atoms with van der Waals surface area (Å²) < 4.78 is 75.2. The van der Waals surface area contributed by atoms with Crippen LogP contribution in [0.2, 0.25) is 0 Å². The Morgan fingerprint density at radius 1 is 1.19 bits per heavy atom. The maximum absolute atomic E-state index is 11.9. The highest BCUT2D eigenvalue weighted by molar-refractivity contribution is 5.79. The summed E-state index contributed by atoms with van der Waals surface area (Å²) >= 11 is 0. The molecule has 0 radical (unpaired) electrons. The second-order valence-corrected chi connectivity index (χ2v) is 2.75. The van der Waals surface area contributed by atoms with E-state index in [2.05, 4.69) is 10.6 Å². The lowest BCUT2D eigenvalue weighted by molar-refractivity contribution is -0.327. The van der Waals surface area contributed by atoms with Gasteiger partial charge in [0.25, 0.3) is 5.91 Å². The molecule has 1 unspecified atom stereocenters. The van der Waals surface area contributed by atoms with Crippen molar-refractivity contribution < 1.29 is 35.9 Å². The lowest BCUT2D eigenvalue weighted by Gasteiger charge is -2.25. The largest absolute Gasteiger partial charge is 0.423 e. The molecule has 1 atom stereocenters. The number of nitrogens with one attached hydrogen (secondary N) is 1. The van der Waals surface area contributed by atoms with Gasteiger partial charge in [-0.1, -0.05) is 0 Å². The van der Waals surface area contributed by atoms with Crippen molar-refractivity contribution in [1.29, 1.82) is 0 Å². The Morgan fingerprint density at radius 3 is 1.81 bits per heavy atom. The van der Waals surface area contributed by atoms with Gasteiger partial charge < -0.3 is 4.74 Å². The number of carbonyl (C=O) groups excluding carboxylic acids is 1. The molecular formula is C6H8F6N2O2. The highest BCUT2D eigenvalue weighted by Gasteiger charge is 2.58. The van der Waals surface area contributed by atoms with E-state index in [4.69, 9.17) is 0 Å². The van der Waals surface area contributed by atoms with Crippen molar-refractivity contribution >= 4 is 5.91 Å². The van der Waals surface area contributed by atoms with Crippen LogP contribution in [0.25, 0.3) is 0 Å². The minimum atomic E-state index is -5.65. The molecule has 0 aliphatic carbocycles. The normalized spacial score (nSPS) is 15.1. The highest BCUT2D eigenvalue weighted by atomic mass is 19.4. The van der Waals surface area contributed by atoms with E-state index in [0.29, 0.717) is 6.92 Å². The second-order valence-electron chi connectivity index (χ2n) is 2.75. The summed E-state index contributed by atoms with van der Waals surface area (Å²) in [5.41, 5.74) is 1.37. The number of carbonyl (C=O) groups is 1. The first-order valence-electron chi connectivity index (χ1n) is 3.79. The lowest BCUT2D eigenvalue weighted by atomic mass is 10.3. The van der Waals surface area contributed by atoms with Crippen LogP contribution >= 0.6 is 0 Å². The third-order valence-electron chi connectivity index (χ3n) is 1.45. The van der Waals surface area contributed by atoms with Crippen LogP contribution in [0, 0.1) is 0 Å². The fraction of sp³-hybridized carbons (Fsp3) is 0.833. The summed E-state index contributed by atoms with van der Waals surface area (Å²) in [6.07, 6.45) is -17.3. The third-order valence-corrected chi connectivity index (χ3v) is 1.45. The predicted octanol–water partition coefficient (Wildman–Crippen LogP) is 0.875. The third kappa shape index (κ3) is 4.23. The van der Waals surface area contributed by atoms with E-state index in [0.717, 1.165) is 0 Å². The van der Waals surface area contributed by atoms with Gasteiger partial charge in [-0.2, -0.15) is 26.3 Å². The quantitative estimate of drug-likeness (QED) is 0.340. The Balaban J connectivity index is 4.77. The molecule has 0 fully saturated rings. The van der Waals surface area contributed by atoms with Crippen molar-refractivity contribution in [2.45, 2.75) is 31.5 Å². The summed E-state index contributed by atoms with van der Waals surface area (Å²) in [5, 5.41) is 0. The molecule has 0 aliphatic heterocycles. The van der Waals surface area contributed by atoms with Gasteiger partial charge >= 0.3 is 12.4 Å². The van der Waals surface area contributed by atoms with E-state index in [1.165, 1.54) is 5.43 Å². The summed E-state index contributed by atoms with van der Waals surface area (Å²) in [6, 6.07) is 0. The van der Waals surface area contributed by atoms with Gasteiger partial charge in [0.1, 0.15) is 6.10 Å². The molecule has 10 heteroatoms. The molecule has 0 aliphatic rings. The molecule has 0 aromatic rings. The molecule has 0 bridgehead atoms. The van der Waals surface area contributed by atoms with Gasteiger partial charge in [0.15, 0.2) is 0 Å². The Kier molecular flexibility index (Phi) is 4.56. The molecule has 96 valence electrons. The number of ether oxygens (including phenoxy) is 1. The van der Waals surface area contributed by atoms with E-state index >= 15 is 0 Å². The van der Waals surface area contributed by atoms with E-state index in [1.807, 2.05) is 0 Å². The molecule has 0 heterocycles. The molecule has 0 saturated heterocycles. The molecule has 0 aromatic heterocycles. The zero-order valence-corrected chi connectivity index (χ0v) is 7.82. The van der Waals surface area contributed by atoms with E-state index in [-0.39, 0.29) is 0 Å².